The van der Waals surface area contributed by atoms with Crippen molar-refractivity contribution in [2.45, 2.75) is 44.7 Å². The minimum Gasteiger partial charge on any atom is -0.395 e. The molecule has 4 rings (SSSR count). The molecular formula is C30H33ClN2O2. The average molecular weight is 489 g/mol. The number of rotatable bonds is 9. The molecule has 1 saturated carbocycles. The Morgan fingerprint density at radius 2 is 1.54 bits per heavy atom. The molecule has 0 atom stereocenters. The summed E-state index contributed by atoms with van der Waals surface area (Å²) in [6, 6.07) is 24.3. The zero-order valence-corrected chi connectivity index (χ0v) is 20.8. The number of aliphatic hydroxyl groups excluding tert-OH is 1. The highest BCUT2D eigenvalue weighted by Crippen LogP contribution is 2.25. The Morgan fingerprint density at radius 3 is 2.17 bits per heavy atom. The van der Waals surface area contributed by atoms with E-state index in [2.05, 4.69) is 22.3 Å². The van der Waals surface area contributed by atoms with Gasteiger partial charge in [0.1, 0.15) is 0 Å². The van der Waals surface area contributed by atoms with Crippen LogP contribution >= 0.6 is 11.6 Å². The molecule has 0 heterocycles. The lowest BCUT2D eigenvalue weighted by Crippen LogP contribution is -2.38. The quantitative estimate of drug-likeness (QED) is 0.326. The molecule has 1 aliphatic carbocycles. The highest BCUT2D eigenvalue weighted by atomic mass is 35.5. The van der Waals surface area contributed by atoms with E-state index in [0.717, 1.165) is 28.9 Å². The zero-order chi connectivity index (χ0) is 24.5. The Kier molecular flexibility index (Phi) is 9.13. The number of anilines is 1. The second-order valence-corrected chi connectivity index (χ2v) is 9.57. The molecule has 0 unspecified atom stereocenters. The second-order valence-electron chi connectivity index (χ2n) is 9.13. The van der Waals surface area contributed by atoms with Gasteiger partial charge >= 0.3 is 0 Å². The molecule has 4 nitrogen and oxygen atoms in total. The predicted molar refractivity (Wildman–Crippen MR) is 145 cm³/mol. The van der Waals surface area contributed by atoms with Gasteiger partial charge in [-0.2, -0.15) is 0 Å². The minimum atomic E-state index is -0.167. The Bertz CT molecular complexity index is 1100. The van der Waals surface area contributed by atoms with E-state index < -0.39 is 0 Å². The molecule has 0 radical (unpaired) electrons. The lowest BCUT2D eigenvalue weighted by Gasteiger charge is -2.34. The lowest BCUT2D eigenvalue weighted by atomic mass is 9.94. The van der Waals surface area contributed by atoms with Gasteiger partial charge in [0.15, 0.2) is 0 Å². The standard InChI is InChI=1S/C30H33ClN2O2/c31-27-15-11-25(12-16-27)26-13-17-28(18-14-26)32-30(35)19-10-23-6-8-24(9-7-23)22-33(20-21-34)29-4-2-1-3-5-29/h6-19,29,34H,1-5,20-22H2,(H,32,35). The van der Waals surface area contributed by atoms with Gasteiger partial charge in [-0.1, -0.05) is 79.4 Å². The second kappa shape index (κ2) is 12.7. The first-order valence-electron chi connectivity index (χ1n) is 12.4. The number of amides is 1. The van der Waals surface area contributed by atoms with E-state index in [1.807, 2.05) is 66.7 Å². The van der Waals surface area contributed by atoms with Crippen LogP contribution in [0.1, 0.15) is 43.2 Å². The van der Waals surface area contributed by atoms with Crippen LogP contribution in [-0.2, 0) is 11.3 Å². The summed E-state index contributed by atoms with van der Waals surface area (Å²) in [6.45, 7) is 1.76. The summed E-state index contributed by atoms with van der Waals surface area (Å²) in [5.74, 6) is -0.167. The normalized spacial score (nSPS) is 14.5. The predicted octanol–water partition coefficient (Wildman–Crippen LogP) is 6.79. The van der Waals surface area contributed by atoms with Crippen molar-refractivity contribution in [1.82, 2.24) is 4.90 Å². The smallest absolute Gasteiger partial charge is 0.248 e. The summed E-state index contributed by atoms with van der Waals surface area (Å²) in [5, 5.41) is 13.1. The molecule has 3 aromatic carbocycles. The molecule has 5 heteroatoms. The van der Waals surface area contributed by atoms with E-state index in [9.17, 15) is 9.90 Å². The third kappa shape index (κ3) is 7.53. The number of hydrogen-bond donors (Lipinski definition) is 2. The first-order valence-corrected chi connectivity index (χ1v) is 12.8. The van der Waals surface area contributed by atoms with E-state index in [4.69, 9.17) is 11.6 Å². The van der Waals surface area contributed by atoms with Gasteiger partial charge in [-0.3, -0.25) is 9.69 Å². The molecule has 0 aromatic heterocycles. The largest absolute Gasteiger partial charge is 0.395 e. The molecule has 2 N–H and O–H groups in total. The van der Waals surface area contributed by atoms with Crippen molar-refractivity contribution >= 4 is 29.3 Å². The fraction of sp³-hybridized carbons (Fsp3) is 0.300. The van der Waals surface area contributed by atoms with Crippen molar-refractivity contribution in [2.75, 3.05) is 18.5 Å². The third-order valence-corrected chi connectivity index (χ3v) is 6.85. The first-order chi connectivity index (χ1) is 17.1. The average Bonchev–Trinajstić information content (AvgIpc) is 2.89. The van der Waals surface area contributed by atoms with Gasteiger partial charge < -0.3 is 10.4 Å². The summed E-state index contributed by atoms with van der Waals surface area (Å²) in [5.41, 5.74) is 5.10. The van der Waals surface area contributed by atoms with Gasteiger partial charge in [-0.25, -0.2) is 0 Å². The van der Waals surface area contributed by atoms with Crippen molar-refractivity contribution in [1.29, 1.82) is 0 Å². The van der Waals surface area contributed by atoms with E-state index in [1.165, 1.54) is 37.7 Å². The number of aliphatic hydroxyl groups is 1. The monoisotopic (exact) mass is 488 g/mol. The number of halogens is 1. The van der Waals surface area contributed by atoms with Crippen LogP contribution in [0.5, 0.6) is 0 Å². The fourth-order valence-electron chi connectivity index (χ4n) is 4.68. The van der Waals surface area contributed by atoms with Crippen molar-refractivity contribution in [2.24, 2.45) is 0 Å². The van der Waals surface area contributed by atoms with Gasteiger partial charge in [-0.15, -0.1) is 0 Å². The Hall–Kier alpha value is -2.92. The van der Waals surface area contributed by atoms with Crippen LogP contribution in [0.15, 0.2) is 78.9 Å². The minimum absolute atomic E-state index is 0.167. The van der Waals surface area contributed by atoms with Crippen LogP contribution in [0.4, 0.5) is 5.69 Å². The van der Waals surface area contributed by atoms with E-state index >= 15 is 0 Å². The van der Waals surface area contributed by atoms with Crippen molar-refractivity contribution in [3.8, 4) is 11.1 Å². The molecule has 1 amide bonds. The maximum absolute atomic E-state index is 12.4. The van der Waals surface area contributed by atoms with Crippen LogP contribution < -0.4 is 5.32 Å². The van der Waals surface area contributed by atoms with Crippen LogP contribution in [0.3, 0.4) is 0 Å². The molecule has 0 spiro atoms. The van der Waals surface area contributed by atoms with Crippen LogP contribution in [-0.4, -0.2) is 35.1 Å². The third-order valence-electron chi connectivity index (χ3n) is 6.60. The number of carbonyl (C=O) groups excluding carboxylic acids is 1. The molecule has 0 aliphatic heterocycles. The van der Waals surface area contributed by atoms with Crippen LogP contribution in [0.2, 0.25) is 5.02 Å². The lowest BCUT2D eigenvalue weighted by molar-refractivity contribution is -0.111. The number of carbonyl (C=O) groups is 1. The number of nitrogens with zero attached hydrogens (tertiary/aromatic N) is 1. The maximum atomic E-state index is 12.4. The number of benzene rings is 3. The van der Waals surface area contributed by atoms with Crippen LogP contribution in [0.25, 0.3) is 17.2 Å². The highest BCUT2D eigenvalue weighted by Gasteiger charge is 2.20. The molecule has 0 saturated heterocycles. The van der Waals surface area contributed by atoms with Gasteiger partial charge in [0, 0.05) is 35.9 Å². The van der Waals surface area contributed by atoms with Gasteiger partial charge in [0.25, 0.3) is 0 Å². The Morgan fingerprint density at radius 1 is 0.914 bits per heavy atom. The SMILES string of the molecule is O=C(C=Cc1ccc(CN(CCO)C2CCCCC2)cc1)Nc1ccc(-c2ccc(Cl)cc2)cc1. The highest BCUT2D eigenvalue weighted by molar-refractivity contribution is 6.30. The number of hydrogen-bond acceptors (Lipinski definition) is 3. The molecule has 0 bridgehead atoms. The molecule has 35 heavy (non-hydrogen) atoms. The zero-order valence-electron chi connectivity index (χ0n) is 20.0. The molecule has 1 fully saturated rings. The van der Waals surface area contributed by atoms with Gasteiger partial charge in [0.2, 0.25) is 5.91 Å². The fourth-order valence-corrected chi connectivity index (χ4v) is 4.80. The summed E-state index contributed by atoms with van der Waals surface area (Å²) in [7, 11) is 0. The first kappa shape index (κ1) is 25.2. The molecule has 3 aromatic rings. The van der Waals surface area contributed by atoms with Gasteiger partial charge in [-0.05, 0) is 65.4 Å². The van der Waals surface area contributed by atoms with E-state index in [-0.39, 0.29) is 12.5 Å². The van der Waals surface area contributed by atoms with Crippen molar-refractivity contribution < 1.29 is 9.90 Å². The Labute approximate surface area is 213 Å². The van der Waals surface area contributed by atoms with Crippen molar-refractivity contribution in [3.63, 3.8) is 0 Å². The summed E-state index contributed by atoms with van der Waals surface area (Å²) in [6.07, 6.45) is 9.72. The van der Waals surface area contributed by atoms with Gasteiger partial charge in [0.05, 0.1) is 6.61 Å². The molecular weight excluding hydrogens is 456 g/mol. The summed E-state index contributed by atoms with van der Waals surface area (Å²) < 4.78 is 0. The van der Waals surface area contributed by atoms with Crippen molar-refractivity contribution in [3.05, 3.63) is 95.0 Å². The van der Waals surface area contributed by atoms with E-state index in [1.54, 1.807) is 6.08 Å². The summed E-state index contributed by atoms with van der Waals surface area (Å²) in [4.78, 5) is 14.8. The topological polar surface area (TPSA) is 52.6 Å². The van der Waals surface area contributed by atoms with E-state index in [0.29, 0.717) is 17.6 Å². The maximum Gasteiger partial charge on any atom is 0.248 e. The van der Waals surface area contributed by atoms with Crippen LogP contribution in [0, 0.1) is 0 Å². The number of nitrogens with one attached hydrogen (secondary N) is 1. The Balaban J connectivity index is 1.30. The summed E-state index contributed by atoms with van der Waals surface area (Å²) >= 11 is 5.96. The molecule has 1 aliphatic rings. The molecule has 182 valence electrons.